The summed E-state index contributed by atoms with van der Waals surface area (Å²) >= 11 is 0. The molecule has 4 heteroatoms. The third-order valence-electron chi connectivity index (χ3n) is 5.78. The van der Waals surface area contributed by atoms with Crippen LogP contribution >= 0.6 is 0 Å². The lowest BCUT2D eigenvalue weighted by molar-refractivity contribution is -0.115. The number of amides is 1. The fourth-order valence-corrected chi connectivity index (χ4v) is 4.38. The van der Waals surface area contributed by atoms with Crippen LogP contribution in [0.3, 0.4) is 0 Å². The lowest BCUT2D eigenvalue weighted by Crippen LogP contribution is -2.44. The molecular weight excluding hydrogens is 382 g/mol. The average Bonchev–Trinajstić information content (AvgIpc) is 2.98. The van der Waals surface area contributed by atoms with Crippen LogP contribution in [0.4, 0.5) is 5.69 Å². The summed E-state index contributed by atoms with van der Waals surface area (Å²) in [5.74, 6) is -0.0198. The second kappa shape index (κ2) is 7.55. The summed E-state index contributed by atoms with van der Waals surface area (Å²) in [6.07, 6.45) is 0. The summed E-state index contributed by atoms with van der Waals surface area (Å²) < 4.78 is 0. The third kappa shape index (κ3) is 3.44. The summed E-state index contributed by atoms with van der Waals surface area (Å²) in [5.41, 5.74) is 5.10. The summed E-state index contributed by atoms with van der Waals surface area (Å²) in [7, 11) is 0. The van der Waals surface area contributed by atoms with Gasteiger partial charge in [-0.05, 0) is 31.5 Å². The monoisotopic (exact) mass is 407 g/mol. The minimum atomic E-state index is -0.333. The van der Waals surface area contributed by atoms with Crippen molar-refractivity contribution in [2.24, 2.45) is 4.99 Å². The summed E-state index contributed by atoms with van der Waals surface area (Å²) in [4.78, 5) is 20.8. The van der Waals surface area contributed by atoms with Crippen LogP contribution in [0.1, 0.15) is 31.0 Å². The standard InChI is InChI=1S/C27H25N3O/c1-27(2)18-28-23(19-12-6-3-7-13-19)22-24(29-27)26(31)30(21-16-10-5-11-17-21)25(22)20-14-8-4-9-15-20/h3-17,25,29H,18H2,1-2H3. The van der Waals surface area contributed by atoms with Crippen LogP contribution in [-0.2, 0) is 4.79 Å². The van der Waals surface area contributed by atoms with Gasteiger partial charge in [0.1, 0.15) is 5.70 Å². The van der Waals surface area contributed by atoms with Crippen LogP contribution < -0.4 is 10.2 Å². The number of benzene rings is 3. The molecule has 2 aliphatic heterocycles. The van der Waals surface area contributed by atoms with Crippen molar-refractivity contribution in [2.75, 3.05) is 11.4 Å². The molecule has 2 heterocycles. The molecule has 0 spiro atoms. The van der Waals surface area contributed by atoms with Crippen LogP contribution in [0, 0.1) is 0 Å². The van der Waals surface area contributed by atoms with Gasteiger partial charge < -0.3 is 5.32 Å². The van der Waals surface area contributed by atoms with E-state index in [0.29, 0.717) is 12.2 Å². The highest BCUT2D eigenvalue weighted by molar-refractivity contribution is 6.23. The Balaban J connectivity index is 1.76. The molecule has 1 amide bonds. The molecular formula is C27H25N3O. The first-order chi connectivity index (χ1) is 15.1. The first-order valence-corrected chi connectivity index (χ1v) is 10.6. The maximum absolute atomic E-state index is 13.9. The minimum absolute atomic E-state index is 0.0198. The van der Waals surface area contributed by atoms with E-state index in [4.69, 9.17) is 4.99 Å². The molecule has 0 radical (unpaired) electrons. The SMILES string of the molecule is CC1(C)CN=C(c2ccccc2)C2=C(N1)C(=O)N(c1ccccc1)C2c1ccccc1. The normalized spacial score (nSPS) is 20.1. The topological polar surface area (TPSA) is 44.7 Å². The van der Waals surface area contributed by atoms with Crippen LogP contribution in [-0.4, -0.2) is 23.7 Å². The van der Waals surface area contributed by atoms with Crippen molar-refractivity contribution in [1.29, 1.82) is 0 Å². The van der Waals surface area contributed by atoms with Gasteiger partial charge in [-0.3, -0.25) is 14.7 Å². The number of carbonyl (C=O) groups is 1. The summed E-state index contributed by atoms with van der Waals surface area (Å²) in [6.45, 7) is 4.76. The van der Waals surface area contributed by atoms with Crippen LogP contribution in [0.2, 0.25) is 0 Å². The predicted molar refractivity (Wildman–Crippen MR) is 125 cm³/mol. The van der Waals surface area contributed by atoms with E-state index in [2.05, 4.69) is 43.4 Å². The maximum atomic E-state index is 13.9. The number of carbonyl (C=O) groups excluding carboxylic acids is 1. The van der Waals surface area contributed by atoms with E-state index < -0.39 is 0 Å². The molecule has 2 aliphatic rings. The van der Waals surface area contributed by atoms with Gasteiger partial charge in [-0.15, -0.1) is 0 Å². The Hall–Kier alpha value is -3.66. The average molecular weight is 408 g/mol. The van der Waals surface area contributed by atoms with Crippen LogP contribution in [0.25, 0.3) is 0 Å². The van der Waals surface area contributed by atoms with Crippen LogP contribution in [0.5, 0.6) is 0 Å². The minimum Gasteiger partial charge on any atom is -0.373 e. The Bertz CT molecular complexity index is 1160. The summed E-state index contributed by atoms with van der Waals surface area (Å²) in [6, 6.07) is 30.0. The Labute approximate surface area is 182 Å². The summed E-state index contributed by atoms with van der Waals surface area (Å²) in [5, 5.41) is 3.54. The first kappa shape index (κ1) is 19.3. The Morgan fingerprint density at radius 2 is 1.45 bits per heavy atom. The van der Waals surface area contributed by atoms with E-state index in [1.807, 2.05) is 71.6 Å². The van der Waals surface area contributed by atoms with Crippen molar-refractivity contribution in [2.45, 2.75) is 25.4 Å². The van der Waals surface area contributed by atoms with Gasteiger partial charge in [0.2, 0.25) is 0 Å². The molecule has 4 nitrogen and oxygen atoms in total. The molecule has 0 bridgehead atoms. The van der Waals surface area contributed by atoms with E-state index >= 15 is 0 Å². The number of para-hydroxylation sites is 1. The molecule has 1 unspecified atom stereocenters. The highest BCUT2D eigenvalue weighted by atomic mass is 16.2. The van der Waals surface area contributed by atoms with Gasteiger partial charge in [0.05, 0.1) is 23.8 Å². The fourth-order valence-electron chi connectivity index (χ4n) is 4.38. The maximum Gasteiger partial charge on any atom is 0.275 e. The number of nitrogens with one attached hydrogen (secondary N) is 1. The highest BCUT2D eigenvalue weighted by Crippen LogP contribution is 2.43. The molecule has 154 valence electrons. The number of anilines is 1. The number of rotatable bonds is 3. The Morgan fingerprint density at radius 3 is 2.10 bits per heavy atom. The highest BCUT2D eigenvalue weighted by Gasteiger charge is 2.45. The molecule has 0 saturated carbocycles. The number of aliphatic imine (C=N–C) groups is 1. The van der Waals surface area contributed by atoms with E-state index in [0.717, 1.165) is 28.1 Å². The lowest BCUT2D eigenvalue weighted by Gasteiger charge is -2.29. The van der Waals surface area contributed by atoms with Gasteiger partial charge in [0.25, 0.3) is 5.91 Å². The zero-order valence-corrected chi connectivity index (χ0v) is 17.7. The van der Waals surface area contributed by atoms with Crippen molar-refractivity contribution in [1.82, 2.24) is 5.32 Å². The lowest BCUT2D eigenvalue weighted by atomic mass is 9.91. The van der Waals surface area contributed by atoms with Crippen molar-refractivity contribution in [3.8, 4) is 0 Å². The number of hydrogen-bond donors (Lipinski definition) is 1. The number of nitrogens with zero attached hydrogens (tertiary/aromatic N) is 2. The molecule has 1 N–H and O–H groups in total. The first-order valence-electron chi connectivity index (χ1n) is 10.6. The molecule has 0 aliphatic carbocycles. The molecule has 0 saturated heterocycles. The van der Waals surface area contributed by atoms with E-state index in [1.54, 1.807) is 0 Å². The smallest absolute Gasteiger partial charge is 0.275 e. The quantitative estimate of drug-likeness (QED) is 0.671. The Morgan fingerprint density at radius 1 is 0.871 bits per heavy atom. The van der Waals surface area contributed by atoms with E-state index in [9.17, 15) is 4.79 Å². The molecule has 3 aromatic carbocycles. The number of hydrogen-bond acceptors (Lipinski definition) is 3. The largest absolute Gasteiger partial charge is 0.373 e. The van der Waals surface area contributed by atoms with Gasteiger partial charge in [-0.1, -0.05) is 78.9 Å². The molecule has 0 fully saturated rings. The second-order valence-electron chi connectivity index (χ2n) is 8.65. The van der Waals surface area contributed by atoms with Gasteiger partial charge >= 0.3 is 0 Å². The van der Waals surface area contributed by atoms with E-state index in [-0.39, 0.29) is 17.5 Å². The molecule has 5 rings (SSSR count). The van der Waals surface area contributed by atoms with Gasteiger partial charge in [-0.2, -0.15) is 0 Å². The van der Waals surface area contributed by atoms with Crippen LogP contribution in [0.15, 0.2) is 107 Å². The zero-order valence-electron chi connectivity index (χ0n) is 17.7. The Kier molecular flexibility index (Phi) is 4.70. The predicted octanol–water partition coefficient (Wildman–Crippen LogP) is 4.90. The van der Waals surface area contributed by atoms with Gasteiger partial charge in [0, 0.05) is 16.8 Å². The van der Waals surface area contributed by atoms with Crippen molar-refractivity contribution in [3.05, 3.63) is 113 Å². The zero-order chi connectivity index (χ0) is 21.4. The van der Waals surface area contributed by atoms with Crippen molar-refractivity contribution >= 4 is 17.3 Å². The fraction of sp³-hybridized carbons (Fsp3) is 0.185. The van der Waals surface area contributed by atoms with Gasteiger partial charge in [-0.25, -0.2) is 0 Å². The van der Waals surface area contributed by atoms with Crippen molar-refractivity contribution in [3.63, 3.8) is 0 Å². The molecule has 0 aromatic heterocycles. The van der Waals surface area contributed by atoms with Crippen molar-refractivity contribution < 1.29 is 4.79 Å². The second-order valence-corrected chi connectivity index (χ2v) is 8.65. The van der Waals surface area contributed by atoms with E-state index in [1.165, 1.54) is 0 Å². The molecule has 31 heavy (non-hydrogen) atoms. The third-order valence-corrected chi connectivity index (χ3v) is 5.78. The molecule has 1 atom stereocenters. The molecule has 3 aromatic rings. The van der Waals surface area contributed by atoms with Gasteiger partial charge in [0.15, 0.2) is 0 Å².